The Balaban J connectivity index is 1.97. The Morgan fingerprint density at radius 1 is 1.23 bits per heavy atom. The third kappa shape index (κ3) is 3.14. The summed E-state index contributed by atoms with van der Waals surface area (Å²) in [6.07, 6.45) is 0.294. The van der Waals surface area contributed by atoms with Crippen LogP contribution >= 0.6 is 0 Å². The van der Waals surface area contributed by atoms with Gasteiger partial charge in [-0.3, -0.25) is 4.68 Å². The van der Waals surface area contributed by atoms with E-state index in [9.17, 15) is 8.78 Å². The number of benzene rings is 1. The second-order valence-electron chi connectivity index (χ2n) is 7.12. The van der Waals surface area contributed by atoms with E-state index in [0.717, 1.165) is 18.5 Å². The summed E-state index contributed by atoms with van der Waals surface area (Å²) < 4.78 is 27.8. The van der Waals surface area contributed by atoms with Crippen LogP contribution in [0.4, 0.5) is 8.78 Å². The molecule has 0 atom stereocenters. The number of nitrogens with zero attached hydrogens (tertiary/aromatic N) is 2. The van der Waals surface area contributed by atoms with E-state index in [-0.39, 0.29) is 5.69 Å². The molecule has 1 fully saturated rings. The molecule has 0 unspecified atom stereocenters. The molecule has 3 rings (SSSR count). The molecule has 0 bridgehead atoms. The van der Waals surface area contributed by atoms with Crippen LogP contribution in [0.3, 0.4) is 0 Å². The minimum atomic E-state index is -2.49. The van der Waals surface area contributed by atoms with E-state index in [1.165, 1.54) is 10.8 Å². The molecule has 0 spiro atoms. The summed E-state index contributed by atoms with van der Waals surface area (Å²) in [6.45, 7) is 6.94. The lowest BCUT2D eigenvalue weighted by Gasteiger charge is -2.21. The Hall–Kier alpha value is -1.49. The van der Waals surface area contributed by atoms with Crippen molar-refractivity contribution >= 4 is 13.3 Å². The lowest BCUT2D eigenvalue weighted by Crippen LogP contribution is -2.40. The van der Waals surface area contributed by atoms with Gasteiger partial charge in [-0.1, -0.05) is 49.1 Å². The van der Waals surface area contributed by atoms with E-state index in [2.05, 4.69) is 42.9 Å². The summed E-state index contributed by atoms with van der Waals surface area (Å²) >= 11 is 0. The normalized spacial score (nSPS) is 15.5. The van der Waals surface area contributed by atoms with Crippen LogP contribution in [0.15, 0.2) is 30.3 Å². The molecule has 0 amide bonds. The first-order valence-corrected chi connectivity index (χ1v) is 11.3. The Bertz CT molecular complexity index is 670. The predicted molar refractivity (Wildman–Crippen MR) is 87.7 cm³/mol. The molecule has 1 aliphatic carbocycles. The maximum Gasteiger partial charge on any atom is 0.282 e. The third-order valence-corrected chi connectivity index (χ3v) is 6.25. The zero-order valence-corrected chi connectivity index (χ0v) is 14.3. The third-order valence-electron chi connectivity index (χ3n) is 4.15. The van der Waals surface area contributed by atoms with E-state index < -0.39 is 14.5 Å². The molecule has 22 heavy (non-hydrogen) atoms. The predicted octanol–water partition coefficient (Wildman–Crippen LogP) is 4.29. The average molecular weight is 320 g/mol. The van der Waals surface area contributed by atoms with Gasteiger partial charge in [-0.15, -0.1) is 0 Å². The highest BCUT2D eigenvalue weighted by atomic mass is 28.3. The van der Waals surface area contributed by atoms with Gasteiger partial charge in [0.15, 0.2) is 0 Å². The smallest absolute Gasteiger partial charge is 0.266 e. The van der Waals surface area contributed by atoms with Crippen LogP contribution in [0.2, 0.25) is 19.6 Å². The van der Waals surface area contributed by atoms with Gasteiger partial charge >= 0.3 is 0 Å². The van der Waals surface area contributed by atoms with E-state index >= 15 is 0 Å². The highest BCUT2D eigenvalue weighted by molar-refractivity contribution is 6.89. The van der Waals surface area contributed by atoms with Crippen molar-refractivity contribution in [2.45, 2.75) is 51.4 Å². The second-order valence-corrected chi connectivity index (χ2v) is 12.2. The molecule has 1 aromatic heterocycles. The molecule has 0 aliphatic heterocycles. The largest absolute Gasteiger partial charge is 0.282 e. The highest BCUT2D eigenvalue weighted by Gasteiger charge is 2.29. The summed E-state index contributed by atoms with van der Waals surface area (Å²) in [6, 6.07) is 10.3. The van der Waals surface area contributed by atoms with Gasteiger partial charge in [-0.25, -0.2) is 8.78 Å². The first kappa shape index (κ1) is 15.4. The van der Waals surface area contributed by atoms with Crippen molar-refractivity contribution in [2.24, 2.45) is 0 Å². The number of hydrogen-bond acceptors (Lipinski definition) is 1. The summed E-state index contributed by atoms with van der Waals surface area (Å²) in [7, 11) is -1.45. The molecule has 0 radical (unpaired) electrons. The molecule has 1 saturated carbocycles. The minimum Gasteiger partial charge on any atom is -0.266 e. The molecule has 2 nitrogen and oxygen atoms in total. The maximum atomic E-state index is 13.0. The molecule has 1 heterocycles. The number of aromatic nitrogens is 2. The van der Waals surface area contributed by atoms with Crippen molar-refractivity contribution in [1.82, 2.24) is 9.78 Å². The van der Waals surface area contributed by atoms with Crippen molar-refractivity contribution < 1.29 is 8.78 Å². The van der Waals surface area contributed by atoms with Crippen LogP contribution in [0.1, 0.15) is 42.3 Å². The van der Waals surface area contributed by atoms with Gasteiger partial charge in [0.1, 0.15) is 5.69 Å². The molecular weight excluding hydrogens is 298 g/mol. The van der Waals surface area contributed by atoms with E-state index in [1.807, 2.05) is 10.7 Å². The van der Waals surface area contributed by atoms with Crippen molar-refractivity contribution in [3.63, 3.8) is 0 Å². The lowest BCUT2D eigenvalue weighted by molar-refractivity contribution is 0.145. The van der Waals surface area contributed by atoms with Gasteiger partial charge in [-0.05, 0) is 24.5 Å². The minimum absolute atomic E-state index is 0.0904. The average Bonchev–Trinajstić information content (AvgIpc) is 3.19. The summed E-state index contributed by atoms with van der Waals surface area (Å²) in [5, 5.41) is 5.54. The zero-order valence-electron chi connectivity index (χ0n) is 13.3. The van der Waals surface area contributed by atoms with Gasteiger partial charge in [-0.2, -0.15) is 5.10 Å². The van der Waals surface area contributed by atoms with Gasteiger partial charge in [0, 0.05) is 12.1 Å². The Morgan fingerprint density at radius 2 is 1.91 bits per heavy atom. The van der Waals surface area contributed by atoms with Crippen LogP contribution in [0.5, 0.6) is 0 Å². The zero-order chi connectivity index (χ0) is 15.9. The molecule has 5 heteroatoms. The van der Waals surface area contributed by atoms with E-state index in [4.69, 9.17) is 0 Å². The van der Waals surface area contributed by atoms with Crippen LogP contribution in [0, 0.1) is 0 Å². The van der Waals surface area contributed by atoms with Gasteiger partial charge in [0.2, 0.25) is 0 Å². The fraction of sp³-hybridized carbons (Fsp3) is 0.471. The van der Waals surface area contributed by atoms with Crippen LogP contribution in [-0.2, 0) is 6.42 Å². The molecule has 1 aliphatic rings. The first-order chi connectivity index (χ1) is 10.4. The summed E-state index contributed by atoms with van der Waals surface area (Å²) in [5.74, 6) is 0. The number of halogens is 2. The van der Waals surface area contributed by atoms with Gasteiger partial charge in [0.05, 0.1) is 14.1 Å². The topological polar surface area (TPSA) is 17.8 Å². The van der Waals surface area contributed by atoms with Crippen molar-refractivity contribution in [3.8, 4) is 0 Å². The summed E-state index contributed by atoms with van der Waals surface area (Å²) in [4.78, 5) is 0. The lowest BCUT2D eigenvalue weighted by atomic mass is 10.1. The highest BCUT2D eigenvalue weighted by Crippen LogP contribution is 2.37. The van der Waals surface area contributed by atoms with Gasteiger partial charge in [0.25, 0.3) is 6.43 Å². The number of hydrogen-bond donors (Lipinski definition) is 0. The molecule has 0 saturated heterocycles. The molecule has 1 aromatic carbocycles. The quantitative estimate of drug-likeness (QED) is 0.751. The standard InChI is InChI=1S/C17H22F2N2Si/c1-22(2,3)16-7-5-4-6-12(16)10-14-11-15(17(18)19)20-21(14)13-8-9-13/h4-7,11,13,17H,8-10H2,1-3H3. The fourth-order valence-electron chi connectivity index (χ4n) is 2.93. The molecular formula is C17H22F2N2Si. The molecule has 118 valence electrons. The van der Waals surface area contributed by atoms with Gasteiger partial charge < -0.3 is 0 Å². The SMILES string of the molecule is C[Si](C)(C)c1ccccc1Cc1cc(C(F)F)nn1C1CC1. The van der Waals surface area contributed by atoms with Crippen molar-refractivity contribution in [2.75, 3.05) is 0 Å². The first-order valence-electron chi connectivity index (χ1n) is 7.81. The second kappa shape index (κ2) is 5.61. The number of rotatable bonds is 5. The van der Waals surface area contributed by atoms with E-state index in [0.29, 0.717) is 12.5 Å². The van der Waals surface area contributed by atoms with Crippen molar-refractivity contribution in [1.29, 1.82) is 0 Å². The maximum absolute atomic E-state index is 13.0. The van der Waals surface area contributed by atoms with E-state index in [1.54, 1.807) is 6.07 Å². The summed E-state index contributed by atoms with van der Waals surface area (Å²) in [5.41, 5.74) is 2.08. The Labute approximate surface area is 131 Å². The van der Waals surface area contributed by atoms with Crippen LogP contribution < -0.4 is 5.19 Å². The van der Waals surface area contributed by atoms with Crippen LogP contribution in [0.25, 0.3) is 0 Å². The monoisotopic (exact) mass is 320 g/mol. The Morgan fingerprint density at radius 3 is 2.50 bits per heavy atom. The Kier molecular flexibility index (Phi) is 3.93. The van der Waals surface area contributed by atoms with Crippen molar-refractivity contribution in [3.05, 3.63) is 47.3 Å². The molecule has 2 aromatic rings. The fourth-order valence-corrected chi connectivity index (χ4v) is 4.66. The number of alkyl halides is 2. The molecule has 0 N–H and O–H groups in total. The van der Waals surface area contributed by atoms with Crippen LogP contribution in [-0.4, -0.2) is 17.9 Å².